The summed E-state index contributed by atoms with van der Waals surface area (Å²) in [7, 11) is 1.66. The molecule has 2 N–H and O–H groups in total. The van der Waals surface area contributed by atoms with Gasteiger partial charge in [0, 0.05) is 22.2 Å². The maximum atomic E-state index is 6.15. The third-order valence-corrected chi connectivity index (χ3v) is 3.11. The van der Waals surface area contributed by atoms with Crippen LogP contribution in [0.3, 0.4) is 0 Å². The Labute approximate surface area is 108 Å². The number of aryl methyl sites for hydroxylation is 1. The van der Waals surface area contributed by atoms with Crippen LogP contribution in [0.5, 0.6) is 5.75 Å². The fourth-order valence-electron chi connectivity index (χ4n) is 1.99. The first-order valence-corrected chi connectivity index (χ1v) is 6.08. The van der Waals surface area contributed by atoms with Gasteiger partial charge in [0.25, 0.3) is 0 Å². The zero-order valence-corrected chi connectivity index (χ0v) is 11.7. The molecule has 0 aliphatic rings. The van der Waals surface area contributed by atoms with Crippen molar-refractivity contribution in [2.24, 2.45) is 0 Å². The Morgan fingerprint density at radius 1 is 1.17 bits per heavy atom. The summed E-state index contributed by atoms with van der Waals surface area (Å²) in [5.41, 5.74) is 9.96. The van der Waals surface area contributed by atoms with Gasteiger partial charge in [-0.15, -0.1) is 0 Å². The molecule has 0 unspecified atom stereocenters. The van der Waals surface area contributed by atoms with Gasteiger partial charge in [0.05, 0.1) is 12.6 Å². The Balaban J connectivity index is 2.78. The van der Waals surface area contributed by atoms with E-state index in [1.807, 2.05) is 25.1 Å². The molecule has 0 bridgehead atoms. The zero-order chi connectivity index (χ0) is 13.5. The number of anilines is 1. The molecule has 0 amide bonds. The van der Waals surface area contributed by atoms with Crippen molar-refractivity contribution >= 4 is 16.6 Å². The molecule has 0 radical (unpaired) electrons. The summed E-state index contributed by atoms with van der Waals surface area (Å²) in [4.78, 5) is 4.75. The summed E-state index contributed by atoms with van der Waals surface area (Å²) < 4.78 is 5.27. The van der Waals surface area contributed by atoms with E-state index in [2.05, 4.69) is 20.8 Å². The van der Waals surface area contributed by atoms with E-state index in [1.54, 1.807) is 7.11 Å². The summed E-state index contributed by atoms with van der Waals surface area (Å²) in [6.07, 6.45) is 0. The molecule has 18 heavy (non-hydrogen) atoms. The summed E-state index contributed by atoms with van der Waals surface area (Å²) in [6, 6.07) is 5.89. The van der Waals surface area contributed by atoms with Gasteiger partial charge in [-0.05, 0) is 30.7 Å². The van der Waals surface area contributed by atoms with Gasteiger partial charge in [-0.3, -0.25) is 4.98 Å². The maximum Gasteiger partial charge on any atom is 0.119 e. The monoisotopic (exact) mass is 244 g/mol. The molecule has 2 rings (SSSR count). The first-order chi connectivity index (χ1) is 8.32. The van der Waals surface area contributed by atoms with Crippen LogP contribution in [0.2, 0.25) is 0 Å². The van der Waals surface area contributed by atoms with Crippen LogP contribution in [-0.4, -0.2) is 12.1 Å². The summed E-state index contributed by atoms with van der Waals surface area (Å²) in [6.45, 7) is 8.45. The van der Waals surface area contributed by atoms with Crippen molar-refractivity contribution in [2.75, 3.05) is 12.8 Å². The molecule has 0 aliphatic heterocycles. The Kier molecular flexibility index (Phi) is 2.93. The topological polar surface area (TPSA) is 48.1 Å². The Morgan fingerprint density at radius 2 is 1.83 bits per heavy atom. The normalized spacial score (nSPS) is 11.8. The number of pyridine rings is 1. The van der Waals surface area contributed by atoms with Gasteiger partial charge in [0.1, 0.15) is 5.75 Å². The van der Waals surface area contributed by atoms with Gasteiger partial charge in [0.15, 0.2) is 0 Å². The van der Waals surface area contributed by atoms with Gasteiger partial charge in [0.2, 0.25) is 0 Å². The van der Waals surface area contributed by atoms with E-state index in [4.69, 9.17) is 15.5 Å². The molecular formula is C15H20N2O. The van der Waals surface area contributed by atoms with E-state index in [9.17, 15) is 0 Å². The number of nitrogens with zero attached hydrogens (tertiary/aromatic N) is 1. The Bertz CT molecular complexity index is 597. The van der Waals surface area contributed by atoms with Crippen LogP contribution in [0.1, 0.15) is 32.0 Å². The van der Waals surface area contributed by atoms with E-state index in [0.717, 1.165) is 33.6 Å². The van der Waals surface area contributed by atoms with Gasteiger partial charge < -0.3 is 10.5 Å². The number of aromatic nitrogens is 1. The van der Waals surface area contributed by atoms with E-state index in [-0.39, 0.29) is 5.41 Å². The molecule has 3 nitrogen and oxygen atoms in total. The summed E-state index contributed by atoms with van der Waals surface area (Å²) in [5, 5.41) is 0.958. The molecule has 3 heteroatoms. The lowest BCUT2D eigenvalue weighted by Crippen LogP contribution is -2.14. The second-order valence-electron chi connectivity index (χ2n) is 5.69. The van der Waals surface area contributed by atoms with Crippen LogP contribution < -0.4 is 10.5 Å². The van der Waals surface area contributed by atoms with Crippen LogP contribution in [0.4, 0.5) is 5.69 Å². The fourth-order valence-corrected chi connectivity index (χ4v) is 1.99. The standard InChI is InChI=1S/C15H20N2O/c1-9-6-10(18-5)7-11-12(16)8-13(15(2,3)4)17-14(9)11/h6-8H,1-5H3,(H2,16,17). The van der Waals surface area contributed by atoms with Gasteiger partial charge in [-0.1, -0.05) is 20.8 Å². The highest BCUT2D eigenvalue weighted by Gasteiger charge is 2.18. The smallest absolute Gasteiger partial charge is 0.119 e. The molecule has 0 saturated carbocycles. The van der Waals surface area contributed by atoms with Crippen LogP contribution in [-0.2, 0) is 5.41 Å². The third-order valence-electron chi connectivity index (χ3n) is 3.11. The van der Waals surface area contributed by atoms with E-state index < -0.39 is 0 Å². The van der Waals surface area contributed by atoms with Crippen molar-refractivity contribution in [2.45, 2.75) is 33.1 Å². The second-order valence-corrected chi connectivity index (χ2v) is 5.69. The van der Waals surface area contributed by atoms with Crippen molar-refractivity contribution in [3.63, 3.8) is 0 Å². The largest absolute Gasteiger partial charge is 0.497 e. The highest BCUT2D eigenvalue weighted by Crippen LogP contribution is 2.31. The first kappa shape index (κ1) is 12.7. The SMILES string of the molecule is COc1cc(C)c2nc(C(C)(C)C)cc(N)c2c1. The number of nitrogens with two attached hydrogens (primary N) is 1. The zero-order valence-electron chi connectivity index (χ0n) is 11.7. The van der Waals surface area contributed by atoms with Gasteiger partial charge in [-0.2, -0.15) is 0 Å². The predicted molar refractivity (Wildman–Crippen MR) is 76.1 cm³/mol. The van der Waals surface area contributed by atoms with E-state index in [0.29, 0.717) is 0 Å². The number of hydrogen-bond acceptors (Lipinski definition) is 3. The molecule has 1 heterocycles. The van der Waals surface area contributed by atoms with Crippen LogP contribution in [0.25, 0.3) is 10.9 Å². The number of methoxy groups -OCH3 is 1. The van der Waals surface area contributed by atoms with Crippen molar-refractivity contribution in [3.8, 4) is 5.75 Å². The molecule has 0 saturated heterocycles. The second kappa shape index (κ2) is 4.16. The number of hydrogen-bond donors (Lipinski definition) is 1. The lowest BCUT2D eigenvalue weighted by molar-refractivity contribution is 0.415. The number of fused-ring (bicyclic) bond motifs is 1. The summed E-state index contributed by atoms with van der Waals surface area (Å²) in [5.74, 6) is 0.817. The van der Waals surface area contributed by atoms with Crippen LogP contribution in [0.15, 0.2) is 18.2 Å². The highest BCUT2D eigenvalue weighted by molar-refractivity contribution is 5.93. The summed E-state index contributed by atoms with van der Waals surface area (Å²) >= 11 is 0. The number of ether oxygens (including phenoxy) is 1. The molecule has 96 valence electrons. The van der Waals surface area contributed by atoms with Crippen molar-refractivity contribution < 1.29 is 4.74 Å². The van der Waals surface area contributed by atoms with Gasteiger partial charge >= 0.3 is 0 Å². The minimum absolute atomic E-state index is 0.00528. The minimum atomic E-state index is -0.00528. The quantitative estimate of drug-likeness (QED) is 0.836. The number of benzene rings is 1. The lowest BCUT2D eigenvalue weighted by atomic mass is 9.90. The average Bonchev–Trinajstić information content (AvgIpc) is 2.28. The van der Waals surface area contributed by atoms with Crippen LogP contribution >= 0.6 is 0 Å². The molecule has 0 aliphatic carbocycles. The number of rotatable bonds is 1. The predicted octanol–water partition coefficient (Wildman–Crippen LogP) is 3.43. The average molecular weight is 244 g/mol. The number of nitrogen functional groups attached to an aromatic ring is 1. The van der Waals surface area contributed by atoms with Crippen molar-refractivity contribution in [3.05, 3.63) is 29.5 Å². The van der Waals surface area contributed by atoms with Crippen molar-refractivity contribution in [1.29, 1.82) is 0 Å². The minimum Gasteiger partial charge on any atom is -0.497 e. The third kappa shape index (κ3) is 2.13. The fraction of sp³-hybridized carbons (Fsp3) is 0.400. The maximum absolute atomic E-state index is 6.15. The van der Waals surface area contributed by atoms with Crippen LogP contribution in [0, 0.1) is 6.92 Å². The van der Waals surface area contributed by atoms with E-state index in [1.165, 1.54) is 0 Å². The Morgan fingerprint density at radius 3 is 2.39 bits per heavy atom. The van der Waals surface area contributed by atoms with Gasteiger partial charge in [-0.25, -0.2) is 0 Å². The lowest BCUT2D eigenvalue weighted by Gasteiger charge is -2.20. The van der Waals surface area contributed by atoms with E-state index >= 15 is 0 Å². The highest BCUT2D eigenvalue weighted by atomic mass is 16.5. The molecule has 1 aromatic heterocycles. The molecule has 0 fully saturated rings. The molecular weight excluding hydrogens is 224 g/mol. The molecule has 2 aromatic rings. The molecule has 0 atom stereocenters. The molecule has 1 aromatic carbocycles. The first-order valence-electron chi connectivity index (χ1n) is 6.08. The Hall–Kier alpha value is -1.77. The van der Waals surface area contributed by atoms with Crippen molar-refractivity contribution in [1.82, 2.24) is 4.98 Å². The molecule has 0 spiro atoms.